The van der Waals surface area contributed by atoms with Gasteiger partial charge in [0.15, 0.2) is 5.96 Å². The van der Waals surface area contributed by atoms with Crippen molar-refractivity contribution in [3.8, 4) is 18.1 Å². The number of guanidine groups is 1. The fraction of sp³-hybridized carbons (Fsp3) is 0.348. The first-order chi connectivity index (χ1) is 13.7. The SMILES string of the molecule is C#CCOc1ccc(CCNC(=NCCC(O)c2ccccc2)NCC)cc1.I. The summed E-state index contributed by atoms with van der Waals surface area (Å²) in [7, 11) is 0. The predicted octanol–water partition coefficient (Wildman–Crippen LogP) is 3.54. The van der Waals surface area contributed by atoms with Gasteiger partial charge in [-0.25, -0.2) is 0 Å². The summed E-state index contributed by atoms with van der Waals surface area (Å²) in [6, 6.07) is 17.6. The van der Waals surface area contributed by atoms with Crippen molar-refractivity contribution in [1.29, 1.82) is 0 Å². The molecule has 0 aliphatic carbocycles. The van der Waals surface area contributed by atoms with Crippen LogP contribution in [-0.2, 0) is 6.42 Å². The molecule has 0 saturated heterocycles. The number of halogens is 1. The normalized spacial score (nSPS) is 11.7. The molecule has 0 amide bonds. The lowest BCUT2D eigenvalue weighted by Gasteiger charge is -2.13. The molecule has 0 bridgehead atoms. The predicted molar refractivity (Wildman–Crippen MR) is 130 cm³/mol. The third-order valence-electron chi connectivity index (χ3n) is 4.15. The monoisotopic (exact) mass is 507 g/mol. The maximum atomic E-state index is 10.2. The van der Waals surface area contributed by atoms with Crippen molar-refractivity contribution >= 4 is 29.9 Å². The average molecular weight is 507 g/mol. The molecule has 0 fully saturated rings. The molecule has 0 aliphatic rings. The van der Waals surface area contributed by atoms with Crippen LogP contribution in [0.4, 0.5) is 0 Å². The summed E-state index contributed by atoms with van der Waals surface area (Å²) in [4.78, 5) is 4.55. The van der Waals surface area contributed by atoms with Gasteiger partial charge in [-0.1, -0.05) is 48.4 Å². The molecule has 2 aromatic carbocycles. The van der Waals surface area contributed by atoms with E-state index in [0.717, 1.165) is 36.8 Å². The zero-order valence-corrected chi connectivity index (χ0v) is 19.1. The molecule has 0 heterocycles. The number of ether oxygens (including phenoxy) is 1. The van der Waals surface area contributed by atoms with Gasteiger partial charge in [0.1, 0.15) is 12.4 Å². The van der Waals surface area contributed by atoms with Crippen molar-refractivity contribution < 1.29 is 9.84 Å². The number of hydrogen-bond acceptors (Lipinski definition) is 3. The van der Waals surface area contributed by atoms with E-state index >= 15 is 0 Å². The lowest BCUT2D eigenvalue weighted by Crippen LogP contribution is -2.38. The van der Waals surface area contributed by atoms with E-state index in [1.165, 1.54) is 5.56 Å². The first kappa shape index (κ1) is 24.8. The van der Waals surface area contributed by atoms with Crippen molar-refractivity contribution in [3.05, 3.63) is 65.7 Å². The van der Waals surface area contributed by atoms with Gasteiger partial charge < -0.3 is 20.5 Å². The Hall–Kier alpha value is -2.24. The second-order valence-electron chi connectivity index (χ2n) is 6.29. The third-order valence-corrected chi connectivity index (χ3v) is 4.15. The van der Waals surface area contributed by atoms with Crippen molar-refractivity contribution in [3.63, 3.8) is 0 Å². The maximum absolute atomic E-state index is 10.2. The second-order valence-corrected chi connectivity index (χ2v) is 6.29. The number of rotatable bonds is 10. The Bertz CT molecular complexity index is 758. The molecule has 156 valence electrons. The topological polar surface area (TPSA) is 65.9 Å². The van der Waals surface area contributed by atoms with E-state index in [-0.39, 0.29) is 30.6 Å². The van der Waals surface area contributed by atoms with Crippen LogP contribution in [0.15, 0.2) is 59.6 Å². The first-order valence-corrected chi connectivity index (χ1v) is 9.63. The quantitative estimate of drug-likeness (QED) is 0.199. The van der Waals surface area contributed by atoms with Gasteiger partial charge >= 0.3 is 0 Å². The van der Waals surface area contributed by atoms with Crippen LogP contribution in [0.2, 0.25) is 0 Å². The molecule has 0 saturated carbocycles. The average Bonchev–Trinajstić information content (AvgIpc) is 2.73. The van der Waals surface area contributed by atoms with Crippen molar-refractivity contribution in [1.82, 2.24) is 10.6 Å². The molecule has 3 N–H and O–H groups in total. The molecule has 0 radical (unpaired) electrons. The highest BCUT2D eigenvalue weighted by Crippen LogP contribution is 2.15. The van der Waals surface area contributed by atoms with Gasteiger partial charge in [-0.05, 0) is 43.0 Å². The smallest absolute Gasteiger partial charge is 0.191 e. The van der Waals surface area contributed by atoms with Crippen LogP contribution < -0.4 is 15.4 Å². The van der Waals surface area contributed by atoms with Crippen LogP contribution in [0.1, 0.15) is 30.6 Å². The van der Waals surface area contributed by atoms with Gasteiger partial charge in [0.05, 0.1) is 6.10 Å². The molecular weight excluding hydrogens is 477 g/mol. The fourth-order valence-corrected chi connectivity index (χ4v) is 2.68. The van der Waals surface area contributed by atoms with E-state index in [9.17, 15) is 5.11 Å². The minimum Gasteiger partial charge on any atom is -0.481 e. The molecule has 0 aromatic heterocycles. The summed E-state index contributed by atoms with van der Waals surface area (Å²) in [5, 5.41) is 16.8. The zero-order valence-electron chi connectivity index (χ0n) is 16.8. The Morgan fingerprint density at radius 2 is 1.86 bits per heavy atom. The highest BCUT2D eigenvalue weighted by molar-refractivity contribution is 14.0. The number of aliphatic hydroxyl groups excluding tert-OH is 1. The number of hydrogen-bond donors (Lipinski definition) is 3. The van der Waals surface area contributed by atoms with E-state index in [0.29, 0.717) is 13.0 Å². The largest absolute Gasteiger partial charge is 0.481 e. The summed E-state index contributed by atoms with van der Waals surface area (Å²) in [6.07, 6.45) is 6.14. The number of aliphatic hydroxyl groups is 1. The highest BCUT2D eigenvalue weighted by atomic mass is 127. The van der Waals surface area contributed by atoms with E-state index < -0.39 is 6.10 Å². The number of nitrogens with one attached hydrogen (secondary N) is 2. The summed E-state index contributed by atoms with van der Waals surface area (Å²) in [5.74, 6) is 3.99. The van der Waals surface area contributed by atoms with Crippen molar-refractivity contribution in [2.75, 3.05) is 26.2 Å². The summed E-state index contributed by atoms with van der Waals surface area (Å²) >= 11 is 0. The number of benzene rings is 2. The van der Waals surface area contributed by atoms with E-state index in [1.807, 2.05) is 61.5 Å². The molecule has 5 nitrogen and oxygen atoms in total. The Morgan fingerprint density at radius 3 is 2.52 bits per heavy atom. The summed E-state index contributed by atoms with van der Waals surface area (Å²) in [6.45, 7) is 4.41. The van der Waals surface area contributed by atoms with Gasteiger partial charge in [0.25, 0.3) is 0 Å². The fourth-order valence-electron chi connectivity index (χ4n) is 2.68. The van der Waals surface area contributed by atoms with Gasteiger partial charge in [0.2, 0.25) is 0 Å². The second kappa shape index (κ2) is 14.7. The molecule has 1 atom stereocenters. The Kier molecular flexibility index (Phi) is 12.6. The molecule has 2 rings (SSSR count). The Labute approximate surface area is 191 Å². The Morgan fingerprint density at radius 1 is 1.14 bits per heavy atom. The first-order valence-electron chi connectivity index (χ1n) is 9.63. The van der Waals surface area contributed by atoms with E-state index in [2.05, 4.69) is 21.5 Å². The lowest BCUT2D eigenvalue weighted by atomic mass is 10.1. The molecule has 0 aliphatic heterocycles. The van der Waals surface area contributed by atoms with Crippen molar-refractivity contribution in [2.45, 2.75) is 25.9 Å². The minimum absolute atomic E-state index is 0. The molecule has 2 aromatic rings. The van der Waals surface area contributed by atoms with Crippen molar-refractivity contribution in [2.24, 2.45) is 4.99 Å². The summed E-state index contributed by atoms with van der Waals surface area (Å²) < 4.78 is 5.38. The van der Waals surface area contributed by atoms with Gasteiger partial charge in [-0.3, -0.25) is 4.99 Å². The standard InChI is InChI=1S/C23H29N3O2.HI/c1-3-18-28-21-12-10-19(11-13-21)14-16-25-23(24-4-2)26-17-15-22(27)20-8-6-5-7-9-20;/h1,5-13,22,27H,4,14-18H2,2H3,(H2,24,25,26);1H. The number of terminal acetylenes is 1. The highest BCUT2D eigenvalue weighted by Gasteiger charge is 2.06. The van der Waals surface area contributed by atoms with Crippen LogP contribution in [0.25, 0.3) is 0 Å². The molecule has 6 heteroatoms. The van der Waals surface area contributed by atoms with Crippen LogP contribution >= 0.6 is 24.0 Å². The van der Waals surface area contributed by atoms with Crippen LogP contribution in [0.3, 0.4) is 0 Å². The zero-order chi connectivity index (χ0) is 20.0. The van der Waals surface area contributed by atoms with Gasteiger partial charge in [0, 0.05) is 19.6 Å². The molecule has 1 unspecified atom stereocenters. The Balaban J connectivity index is 0.00000420. The van der Waals surface area contributed by atoms with Gasteiger partial charge in [-0.2, -0.15) is 0 Å². The summed E-state index contributed by atoms with van der Waals surface area (Å²) in [5.41, 5.74) is 2.13. The molecule has 0 spiro atoms. The third kappa shape index (κ3) is 9.68. The molecule has 29 heavy (non-hydrogen) atoms. The van der Waals surface area contributed by atoms with Gasteiger partial charge in [-0.15, -0.1) is 30.4 Å². The number of aliphatic imine (C=N–C) groups is 1. The van der Waals surface area contributed by atoms with Crippen LogP contribution in [-0.4, -0.2) is 37.3 Å². The van der Waals surface area contributed by atoms with E-state index in [4.69, 9.17) is 11.2 Å². The maximum Gasteiger partial charge on any atom is 0.191 e. The molecular formula is C23H30IN3O2. The lowest BCUT2D eigenvalue weighted by molar-refractivity contribution is 0.170. The minimum atomic E-state index is -0.497. The van der Waals surface area contributed by atoms with E-state index in [1.54, 1.807) is 0 Å². The van der Waals surface area contributed by atoms with Crippen LogP contribution in [0.5, 0.6) is 5.75 Å². The number of nitrogens with zero attached hydrogens (tertiary/aromatic N) is 1. The van der Waals surface area contributed by atoms with Crippen LogP contribution in [0, 0.1) is 12.3 Å².